The number of rotatable bonds is 5. The number of hydrogen-bond acceptors (Lipinski definition) is 3. The van der Waals surface area contributed by atoms with Crippen LogP contribution >= 0.6 is 0 Å². The van der Waals surface area contributed by atoms with Gasteiger partial charge in [-0.15, -0.1) is 0 Å². The summed E-state index contributed by atoms with van der Waals surface area (Å²) in [5, 5.41) is 0. The van der Waals surface area contributed by atoms with Gasteiger partial charge in [-0.3, -0.25) is 4.90 Å². The molecule has 0 spiro atoms. The fraction of sp³-hybridized carbons (Fsp3) is 0.667. The van der Waals surface area contributed by atoms with E-state index in [9.17, 15) is 0 Å². The zero-order chi connectivity index (χ0) is 15.1. The highest BCUT2D eigenvalue weighted by atomic mass is 16.5. The van der Waals surface area contributed by atoms with Crippen molar-refractivity contribution in [2.24, 2.45) is 17.1 Å². The third-order valence-electron chi connectivity index (χ3n) is 5.85. The van der Waals surface area contributed by atoms with Crippen LogP contribution < -0.4 is 5.73 Å². The lowest BCUT2D eigenvalue weighted by atomic mass is 9.48. The maximum atomic E-state index is 6.87. The highest BCUT2D eigenvalue weighted by Gasteiger charge is 2.67. The Balaban J connectivity index is 1.72. The van der Waals surface area contributed by atoms with Gasteiger partial charge in [-0.05, 0) is 18.5 Å². The lowest BCUT2D eigenvalue weighted by Crippen LogP contribution is -2.78. The minimum Gasteiger partial charge on any atom is -0.377 e. The molecule has 0 aromatic heterocycles. The summed E-state index contributed by atoms with van der Waals surface area (Å²) in [4.78, 5) is 2.48. The Morgan fingerprint density at radius 1 is 1.29 bits per heavy atom. The van der Waals surface area contributed by atoms with Gasteiger partial charge in [0.2, 0.25) is 0 Å². The molecular formula is C18H28N2O. The number of fused-ring (bicyclic) bond motifs is 1. The second-order valence-electron chi connectivity index (χ2n) is 7.24. The number of nitrogens with two attached hydrogens (primary N) is 1. The van der Waals surface area contributed by atoms with Crippen LogP contribution in [0.3, 0.4) is 0 Å². The molecule has 3 heteroatoms. The maximum Gasteiger partial charge on any atom is 0.0691 e. The third-order valence-corrected chi connectivity index (χ3v) is 5.85. The molecule has 1 saturated heterocycles. The van der Waals surface area contributed by atoms with Crippen molar-refractivity contribution in [2.45, 2.75) is 45.4 Å². The third kappa shape index (κ3) is 2.32. The Morgan fingerprint density at radius 3 is 2.67 bits per heavy atom. The van der Waals surface area contributed by atoms with Gasteiger partial charge in [0, 0.05) is 36.6 Å². The van der Waals surface area contributed by atoms with E-state index in [0.29, 0.717) is 12.0 Å². The summed E-state index contributed by atoms with van der Waals surface area (Å²) in [5.41, 5.74) is 8.18. The molecule has 2 aliphatic rings. The van der Waals surface area contributed by atoms with Crippen LogP contribution in [0.15, 0.2) is 30.3 Å². The average Bonchev–Trinajstić information content (AvgIpc) is 2.96. The molecule has 116 valence electrons. The number of ether oxygens (including phenoxy) is 1. The second kappa shape index (κ2) is 5.38. The van der Waals surface area contributed by atoms with Crippen molar-refractivity contribution >= 4 is 0 Å². The van der Waals surface area contributed by atoms with Gasteiger partial charge < -0.3 is 10.5 Å². The largest absolute Gasteiger partial charge is 0.377 e. The molecule has 3 unspecified atom stereocenters. The summed E-state index contributed by atoms with van der Waals surface area (Å²) < 4.78 is 5.90. The zero-order valence-corrected chi connectivity index (χ0v) is 13.5. The Labute approximate surface area is 128 Å². The van der Waals surface area contributed by atoms with Gasteiger partial charge in [-0.25, -0.2) is 0 Å². The topological polar surface area (TPSA) is 38.5 Å². The number of hydrogen-bond donors (Lipinski definition) is 1. The normalized spacial score (nSPS) is 33.8. The maximum absolute atomic E-state index is 6.87. The van der Waals surface area contributed by atoms with Gasteiger partial charge in [-0.2, -0.15) is 0 Å². The molecule has 0 amide bonds. The molecule has 1 aromatic rings. The predicted molar refractivity (Wildman–Crippen MR) is 85.9 cm³/mol. The first kappa shape index (κ1) is 15.0. The minimum absolute atomic E-state index is 0.0677. The molecule has 3 rings (SSSR count). The van der Waals surface area contributed by atoms with Gasteiger partial charge in [0.1, 0.15) is 0 Å². The van der Waals surface area contributed by atoms with Crippen LogP contribution in [0.2, 0.25) is 0 Å². The van der Waals surface area contributed by atoms with Crippen molar-refractivity contribution in [2.75, 3.05) is 19.7 Å². The van der Waals surface area contributed by atoms with Gasteiger partial charge >= 0.3 is 0 Å². The predicted octanol–water partition coefficient (Wildman–Crippen LogP) is 2.65. The van der Waals surface area contributed by atoms with Gasteiger partial charge in [-0.1, -0.05) is 51.1 Å². The fourth-order valence-corrected chi connectivity index (χ4v) is 4.29. The lowest BCUT2D eigenvalue weighted by Gasteiger charge is -2.63. The van der Waals surface area contributed by atoms with E-state index in [1.165, 1.54) is 5.56 Å². The molecule has 1 aliphatic carbocycles. The molecular weight excluding hydrogens is 260 g/mol. The molecule has 1 saturated carbocycles. The van der Waals surface area contributed by atoms with Crippen LogP contribution in [0.4, 0.5) is 0 Å². The summed E-state index contributed by atoms with van der Waals surface area (Å²) in [5.74, 6) is 0.525. The molecule has 2 fully saturated rings. The smallest absolute Gasteiger partial charge is 0.0691 e. The Kier molecular flexibility index (Phi) is 3.85. The summed E-state index contributed by atoms with van der Waals surface area (Å²) in [6.07, 6.45) is 1.48. The van der Waals surface area contributed by atoms with Crippen molar-refractivity contribution in [3.05, 3.63) is 35.9 Å². The first-order valence-corrected chi connectivity index (χ1v) is 8.16. The molecule has 1 heterocycles. The van der Waals surface area contributed by atoms with Crippen molar-refractivity contribution in [1.29, 1.82) is 0 Å². The highest BCUT2D eigenvalue weighted by Crippen LogP contribution is 2.58. The number of nitrogens with zero attached hydrogens (tertiary/aromatic N) is 1. The zero-order valence-electron chi connectivity index (χ0n) is 13.5. The average molecular weight is 288 g/mol. The van der Waals surface area contributed by atoms with E-state index in [2.05, 4.69) is 56.0 Å². The fourth-order valence-electron chi connectivity index (χ4n) is 4.29. The number of benzene rings is 1. The van der Waals surface area contributed by atoms with Crippen LogP contribution in [0.25, 0.3) is 0 Å². The van der Waals surface area contributed by atoms with E-state index in [1.807, 2.05) is 0 Å². The molecule has 2 N–H and O–H groups in total. The van der Waals surface area contributed by atoms with Crippen molar-refractivity contribution in [3.63, 3.8) is 0 Å². The summed E-state index contributed by atoms with van der Waals surface area (Å²) in [6, 6.07) is 10.7. The Morgan fingerprint density at radius 2 is 2.00 bits per heavy atom. The molecule has 0 bridgehead atoms. The highest BCUT2D eigenvalue weighted by molar-refractivity contribution is 5.22. The van der Waals surface area contributed by atoms with Crippen molar-refractivity contribution in [3.8, 4) is 0 Å². The van der Waals surface area contributed by atoms with Crippen LogP contribution in [0, 0.1) is 11.3 Å². The first-order valence-electron chi connectivity index (χ1n) is 8.16. The lowest BCUT2D eigenvalue weighted by molar-refractivity contribution is -0.163. The minimum atomic E-state index is -0.126. The molecule has 1 aliphatic heterocycles. The van der Waals surface area contributed by atoms with Crippen molar-refractivity contribution < 1.29 is 4.74 Å². The van der Waals surface area contributed by atoms with E-state index < -0.39 is 0 Å². The molecule has 3 nitrogen and oxygen atoms in total. The monoisotopic (exact) mass is 288 g/mol. The van der Waals surface area contributed by atoms with Crippen LogP contribution in [0.1, 0.15) is 32.8 Å². The second-order valence-corrected chi connectivity index (χ2v) is 7.24. The number of likely N-dealkylation sites (N-methyl/N-ethyl adjacent to an activating group) is 1. The SMILES string of the molecule is CCN(Cc1ccccc1)CC1(N)C2CCOC2C1(C)C. The first-order chi connectivity index (χ1) is 9.99. The summed E-state index contributed by atoms with van der Waals surface area (Å²) in [7, 11) is 0. The van der Waals surface area contributed by atoms with Crippen molar-refractivity contribution in [1.82, 2.24) is 4.90 Å². The molecule has 1 aromatic carbocycles. The van der Waals surface area contributed by atoms with E-state index >= 15 is 0 Å². The molecule has 21 heavy (non-hydrogen) atoms. The quantitative estimate of drug-likeness (QED) is 0.905. The standard InChI is InChI=1S/C18H28N2O/c1-4-20(12-14-8-6-5-7-9-14)13-18(19)15-10-11-21-16(15)17(18,2)3/h5-9,15-16H,4,10-13,19H2,1-3H3. The Hall–Kier alpha value is -0.900. The Bertz CT molecular complexity index is 487. The molecule has 3 atom stereocenters. The van der Waals surface area contributed by atoms with Crippen LogP contribution in [0.5, 0.6) is 0 Å². The van der Waals surface area contributed by atoms with Crippen LogP contribution in [-0.2, 0) is 11.3 Å². The molecule has 0 radical (unpaired) electrons. The summed E-state index contributed by atoms with van der Waals surface area (Å²) >= 11 is 0. The summed E-state index contributed by atoms with van der Waals surface area (Å²) in [6.45, 7) is 10.6. The van der Waals surface area contributed by atoms with Gasteiger partial charge in [0.15, 0.2) is 0 Å². The van der Waals surface area contributed by atoms with Gasteiger partial charge in [0.25, 0.3) is 0 Å². The van der Waals surface area contributed by atoms with E-state index in [-0.39, 0.29) is 11.0 Å². The van der Waals surface area contributed by atoms with E-state index in [1.54, 1.807) is 0 Å². The van der Waals surface area contributed by atoms with E-state index in [4.69, 9.17) is 10.5 Å². The van der Waals surface area contributed by atoms with E-state index in [0.717, 1.165) is 32.7 Å². The van der Waals surface area contributed by atoms with Gasteiger partial charge in [0.05, 0.1) is 6.10 Å². The van der Waals surface area contributed by atoms with Crippen LogP contribution in [-0.4, -0.2) is 36.2 Å².